The Kier molecular flexibility index (Phi) is 5.77. The summed E-state index contributed by atoms with van der Waals surface area (Å²) in [6.45, 7) is 7.36. The van der Waals surface area contributed by atoms with E-state index in [0.29, 0.717) is 22.5 Å². The van der Waals surface area contributed by atoms with E-state index in [0.717, 1.165) is 46.6 Å². The van der Waals surface area contributed by atoms with E-state index in [1.807, 2.05) is 73.8 Å². The van der Waals surface area contributed by atoms with Crippen LogP contribution in [0.3, 0.4) is 0 Å². The average molecular weight is 420 g/mol. The van der Waals surface area contributed by atoms with Crippen LogP contribution in [-0.2, 0) is 0 Å². The van der Waals surface area contributed by atoms with E-state index in [1.54, 1.807) is 6.07 Å². The number of nitrogens with zero attached hydrogens (tertiary/aromatic N) is 2. The Bertz CT molecular complexity index is 1140. The molecule has 6 heteroatoms. The first-order valence-corrected chi connectivity index (χ1v) is 11.2. The molecule has 30 heavy (non-hydrogen) atoms. The third-order valence-electron chi connectivity index (χ3n) is 5.43. The van der Waals surface area contributed by atoms with Gasteiger partial charge in [-0.3, -0.25) is 14.6 Å². The van der Waals surface area contributed by atoms with Crippen LogP contribution in [0.25, 0.3) is 10.9 Å². The van der Waals surface area contributed by atoms with Crippen LogP contribution in [0, 0.1) is 20.8 Å². The number of rotatable bonds is 3. The SMILES string of the molecule is Cc1ccc2cc(C(=O)Nc3ccc(C(=O)N4CCSCC4)cc3C)c(C)nc2c1. The number of amides is 2. The maximum Gasteiger partial charge on any atom is 0.257 e. The number of hydrogen-bond donors (Lipinski definition) is 1. The summed E-state index contributed by atoms with van der Waals surface area (Å²) < 4.78 is 0. The Balaban J connectivity index is 1.54. The monoisotopic (exact) mass is 419 g/mol. The van der Waals surface area contributed by atoms with Gasteiger partial charge in [0.15, 0.2) is 0 Å². The molecule has 1 saturated heterocycles. The molecular formula is C24H25N3O2S. The van der Waals surface area contributed by atoms with Gasteiger partial charge >= 0.3 is 0 Å². The van der Waals surface area contributed by atoms with Crippen molar-refractivity contribution in [2.75, 3.05) is 29.9 Å². The third-order valence-corrected chi connectivity index (χ3v) is 6.37. The number of carbonyl (C=O) groups is 2. The number of carbonyl (C=O) groups excluding carboxylic acids is 2. The standard InChI is InChI=1S/C24H25N3O2S/c1-15-4-5-18-14-20(17(3)25-22(18)12-15)23(28)26-21-7-6-19(13-16(21)2)24(29)27-8-10-30-11-9-27/h4-7,12-14H,8-11H2,1-3H3,(H,26,28). The van der Waals surface area contributed by atoms with Crippen molar-refractivity contribution in [1.82, 2.24) is 9.88 Å². The van der Waals surface area contributed by atoms with Crippen LogP contribution in [0.15, 0.2) is 42.5 Å². The number of anilines is 1. The minimum atomic E-state index is -0.197. The van der Waals surface area contributed by atoms with Gasteiger partial charge in [0.05, 0.1) is 16.8 Å². The lowest BCUT2D eigenvalue weighted by Crippen LogP contribution is -2.37. The molecule has 0 unspecified atom stereocenters. The zero-order valence-corrected chi connectivity index (χ0v) is 18.3. The van der Waals surface area contributed by atoms with E-state index < -0.39 is 0 Å². The second-order valence-corrected chi connectivity index (χ2v) is 8.93. The van der Waals surface area contributed by atoms with Gasteiger partial charge in [-0.1, -0.05) is 12.1 Å². The molecule has 1 fully saturated rings. The maximum atomic E-state index is 12.9. The lowest BCUT2D eigenvalue weighted by atomic mass is 10.1. The Morgan fingerprint density at radius 1 is 1.00 bits per heavy atom. The van der Waals surface area contributed by atoms with Crippen molar-refractivity contribution >= 4 is 40.2 Å². The number of hydrogen-bond acceptors (Lipinski definition) is 4. The van der Waals surface area contributed by atoms with Crippen LogP contribution in [0.4, 0.5) is 5.69 Å². The van der Waals surface area contributed by atoms with Crippen LogP contribution in [-0.4, -0.2) is 46.3 Å². The zero-order chi connectivity index (χ0) is 21.3. The highest BCUT2D eigenvalue weighted by Gasteiger charge is 2.19. The van der Waals surface area contributed by atoms with Crippen LogP contribution in [0.2, 0.25) is 0 Å². The molecule has 4 rings (SSSR count). The highest BCUT2D eigenvalue weighted by atomic mass is 32.2. The third kappa shape index (κ3) is 4.19. The number of thioether (sulfide) groups is 1. The van der Waals surface area contributed by atoms with Crippen LogP contribution < -0.4 is 5.32 Å². The molecule has 0 saturated carbocycles. The Labute approximate surface area is 180 Å². The van der Waals surface area contributed by atoms with Crippen LogP contribution in [0.5, 0.6) is 0 Å². The molecular weight excluding hydrogens is 394 g/mol. The number of pyridine rings is 1. The van der Waals surface area contributed by atoms with Crippen molar-refractivity contribution in [3.8, 4) is 0 Å². The fraction of sp³-hybridized carbons (Fsp3) is 0.292. The van der Waals surface area contributed by atoms with Crippen molar-refractivity contribution in [2.24, 2.45) is 0 Å². The minimum absolute atomic E-state index is 0.0566. The summed E-state index contributed by atoms with van der Waals surface area (Å²) in [5, 5.41) is 3.92. The van der Waals surface area contributed by atoms with Gasteiger partial charge in [0, 0.05) is 41.2 Å². The summed E-state index contributed by atoms with van der Waals surface area (Å²) in [5.41, 5.74) is 5.50. The molecule has 1 aromatic heterocycles. The van der Waals surface area contributed by atoms with Crippen molar-refractivity contribution in [1.29, 1.82) is 0 Å². The van der Waals surface area contributed by atoms with Crippen molar-refractivity contribution in [3.05, 3.63) is 70.4 Å². The average Bonchev–Trinajstić information content (AvgIpc) is 2.74. The van der Waals surface area contributed by atoms with Gasteiger partial charge < -0.3 is 10.2 Å². The normalized spacial score (nSPS) is 14.0. The molecule has 1 aliphatic heterocycles. The van der Waals surface area contributed by atoms with E-state index >= 15 is 0 Å². The Morgan fingerprint density at radius 3 is 2.50 bits per heavy atom. The molecule has 3 aromatic rings. The highest BCUT2D eigenvalue weighted by Crippen LogP contribution is 2.22. The van der Waals surface area contributed by atoms with E-state index in [2.05, 4.69) is 10.3 Å². The van der Waals surface area contributed by atoms with Crippen molar-refractivity contribution in [3.63, 3.8) is 0 Å². The largest absolute Gasteiger partial charge is 0.337 e. The molecule has 0 atom stereocenters. The molecule has 0 radical (unpaired) electrons. The lowest BCUT2D eigenvalue weighted by Gasteiger charge is -2.26. The molecule has 2 aromatic carbocycles. The van der Waals surface area contributed by atoms with Gasteiger partial charge in [-0.25, -0.2) is 0 Å². The summed E-state index contributed by atoms with van der Waals surface area (Å²) >= 11 is 1.88. The molecule has 154 valence electrons. The van der Waals surface area contributed by atoms with E-state index in [4.69, 9.17) is 0 Å². The summed E-state index contributed by atoms with van der Waals surface area (Å²) in [4.78, 5) is 32.2. The van der Waals surface area contributed by atoms with Crippen LogP contribution in [0.1, 0.15) is 37.5 Å². The number of aryl methyl sites for hydroxylation is 3. The van der Waals surface area contributed by atoms with Gasteiger partial charge in [0.2, 0.25) is 0 Å². The summed E-state index contributed by atoms with van der Waals surface area (Å²) in [7, 11) is 0. The van der Waals surface area contributed by atoms with E-state index in [1.165, 1.54) is 0 Å². The second-order valence-electron chi connectivity index (χ2n) is 7.71. The Hall–Kier alpha value is -2.86. The second kappa shape index (κ2) is 8.48. The number of aromatic nitrogens is 1. The topological polar surface area (TPSA) is 62.3 Å². The molecule has 0 bridgehead atoms. The van der Waals surface area contributed by atoms with Crippen molar-refractivity contribution < 1.29 is 9.59 Å². The smallest absolute Gasteiger partial charge is 0.257 e. The quantitative estimate of drug-likeness (QED) is 0.674. The predicted molar refractivity (Wildman–Crippen MR) is 124 cm³/mol. The summed E-state index contributed by atoms with van der Waals surface area (Å²) in [6, 6.07) is 13.4. The summed E-state index contributed by atoms with van der Waals surface area (Å²) in [5.74, 6) is 1.83. The first-order chi connectivity index (χ1) is 14.4. The van der Waals surface area contributed by atoms with Gasteiger partial charge in [-0.2, -0.15) is 11.8 Å². The summed E-state index contributed by atoms with van der Waals surface area (Å²) in [6.07, 6.45) is 0. The first-order valence-electron chi connectivity index (χ1n) is 10.1. The number of benzene rings is 2. The molecule has 2 amide bonds. The molecule has 2 heterocycles. The van der Waals surface area contributed by atoms with E-state index in [-0.39, 0.29) is 11.8 Å². The van der Waals surface area contributed by atoms with Gasteiger partial charge in [0.1, 0.15) is 0 Å². The minimum Gasteiger partial charge on any atom is -0.337 e. The lowest BCUT2D eigenvalue weighted by molar-refractivity contribution is 0.0772. The number of fused-ring (bicyclic) bond motifs is 1. The van der Waals surface area contributed by atoms with Crippen molar-refractivity contribution in [2.45, 2.75) is 20.8 Å². The zero-order valence-electron chi connectivity index (χ0n) is 17.5. The molecule has 5 nitrogen and oxygen atoms in total. The predicted octanol–water partition coefficient (Wildman–Crippen LogP) is 4.60. The fourth-order valence-corrected chi connectivity index (χ4v) is 4.58. The maximum absolute atomic E-state index is 12.9. The van der Waals surface area contributed by atoms with Gasteiger partial charge in [-0.05, 0) is 62.2 Å². The fourth-order valence-electron chi connectivity index (χ4n) is 3.68. The first kappa shape index (κ1) is 20.4. The molecule has 1 aliphatic rings. The Morgan fingerprint density at radius 2 is 1.77 bits per heavy atom. The van der Waals surface area contributed by atoms with Crippen LogP contribution >= 0.6 is 11.8 Å². The number of nitrogens with one attached hydrogen (secondary N) is 1. The van der Waals surface area contributed by atoms with Gasteiger partial charge in [-0.15, -0.1) is 0 Å². The van der Waals surface area contributed by atoms with Gasteiger partial charge in [0.25, 0.3) is 11.8 Å². The molecule has 0 aliphatic carbocycles. The molecule has 1 N–H and O–H groups in total. The molecule has 0 spiro atoms. The van der Waals surface area contributed by atoms with E-state index in [9.17, 15) is 9.59 Å². The highest BCUT2D eigenvalue weighted by molar-refractivity contribution is 7.99.